The van der Waals surface area contributed by atoms with Crippen LogP contribution in [0, 0.1) is 0 Å². The van der Waals surface area contributed by atoms with Gasteiger partial charge in [0.05, 0.1) is 6.54 Å². The van der Waals surface area contributed by atoms with Crippen molar-refractivity contribution in [3.63, 3.8) is 0 Å². The highest BCUT2D eigenvalue weighted by molar-refractivity contribution is 5.78. The number of nitrogens with zero attached hydrogens (tertiary/aromatic N) is 2. The second kappa shape index (κ2) is 5.47. The highest BCUT2D eigenvalue weighted by Crippen LogP contribution is 2.16. The largest absolute Gasteiger partial charge is 0.342 e. The van der Waals surface area contributed by atoms with Gasteiger partial charge in [0, 0.05) is 32.2 Å². The minimum atomic E-state index is 0.0537. The maximum absolute atomic E-state index is 11.4. The predicted octanol–water partition coefficient (Wildman–Crippen LogP) is 0.276. The van der Waals surface area contributed by atoms with Crippen molar-refractivity contribution in [2.75, 3.05) is 26.7 Å². The molecule has 4 heteroatoms. The van der Waals surface area contributed by atoms with Gasteiger partial charge in [-0.1, -0.05) is 0 Å². The van der Waals surface area contributed by atoms with Crippen molar-refractivity contribution in [3.8, 4) is 0 Å². The van der Waals surface area contributed by atoms with Crippen LogP contribution in [-0.4, -0.2) is 54.5 Å². The van der Waals surface area contributed by atoms with Crippen molar-refractivity contribution < 1.29 is 4.79 Å². The molecule has 1 aliphatic rings. The van der Waals surface area contributed by atoms with E-state index >= 15 is 0 Å². The summed E-state index contributed by atoms with van der Waals surface area (Å²) in [6, 6.07) is 0.998. The molecule has 4 nitrogen and oxygen atoms in total. The molecule has 0 aliphatic carbocycles. The Morgan fingerprint density at radius 2 is 2.00 bits per heavy atom. The number of carbonyl (C=O) groups excluding carboxylic acids is 1. The standard InChI is InChI=1S/C11H23N3O/c1-9(2)14-6-4-10(5-7-14)13(3)11(15)8-12/h9-10H,4-8,12H2,1-3H3. The summed E-state index contributed by atoms with van der Waals surface area (Å²) >= 11 is 0. The number of nitrogens with two attached hydrogens (primary N) is 1. The quantitative estimate of drug-likeness (QED) is 0.732. The van der Waals surface area contributed by atoms with E-state index in [-0.39, 0.29) is 12.5 Å². The van der Waals surface area contributed by atoms with Crippen molar-refractivity contribution in [2.24, 2.45) is 5.73 Å². The van der Waals surface area contributed by atoms with Crippen LogP contribution in [0.5, 0.6) is 0 Å². The molecule has 2 N–H and O–H groups in total. The van der Waals surface area contributed by atoms with Crippen molar-refractivity contribution in [1.82, 2.24) is 9.80 Å². The Kier molecular flexibility index (Phi) is 4.54. The van der Waals surface area contributed by atoms with Crippen LogP contribution >= 0.6 is 0 Å². The highest BCUT2D eigenvalue weighted by atomic mass is 16.2. The Hall–Kier alpha value is -0.610. The molecule has 1 rings (SSSR count). The molecule has 0 radical (unpaired) electrons. The van der Waals surface area contributed by atoms with Crippen LogP contribution in [0.25, 0.3) is 0 Å². The van der Waals surface area contributed by atoms with Gasteiger partial charge in [-0.3, -0.25) is 4.79 Å². The highest BCUT2D eigenvalue weighted by Gasteiger charge is 2.25. The Bertz CT molecular complexity index is 210. The number of amides is 1. The fourth-order valence-electron chi connectivity index (χ4n) is 2.14. The van der Waals surface area contributed by atoms with Crippen LogP contribution < -0.4 is 5.73 Å². The summed E-state index contributed by atoms with van der Waals surface area (Å²) in [5.74, 6) is 0.0537. The van der Waals surface area contributed by atoms with Gasteiger partial charge in [0.2, 0.25) is 5.91 Å². The first kappa shape index (κ1) is 12.5. The van der Waals surface area contributed by atoms with Crippen LogP contribution in [-0.2, 0) is 4.79 Å². The number of carbonyl (C=O) groups is 1. The fraction of sp³-hybridized carbons (Fsp3) is 0.909. The van der Waals surface area contributed by atoms with Crippen molar-refractivity contribution in [1.29, 1.82) is 0 Å². The monoisotopic (exact) mass is 213 g/mol. The average molecular weight is 213 g/mol. The van der Waals surface area contributed by atoms with E-state index in [1.165, 1.54) is 0 Å². The molecule has 0 spiro atoms. The molecule has 1 amide bonds. The minimum Gasteiger partial charge on any atom is -0.342 e. The number of rotatable bonds is 3. The SMILES string of the molecule is CC(C)N1CCC(N(C)C(=O)CN)CC1. The zero-order valence-corrected chi connectivity index (χ0v) is 10.1. The molecule has 0 aromatic rings. The van der Waals surface area contributed by atoms with Gasteiger partial charge in [-0.2, -0.15) is 0 Å². The smallest absolute Gasteiger partial charge is 0.236 e. The van der Waals surface area contributed by atoms with Gasteiger partial charge in [0.25, 0.3) is 0 Å². The topological polar surface area (TPSA) is 49.6 Å². The number of hydrogen-bond donors (Lipinski definition) is 1. The molecule has 0 bridgehead atoms. The number of hydrogen-bond acceptors (Lipinski definition) is 3. The summed E-state index contributed by atoms with van der Waals surface area (Å²) in [6.07, 6.45) is 2.14. The third kappa shape index (κ3) is 3.18. The zero-order chi connectivity index (χ0) is 11.4. The van der Waals surface area contributed by atoms with Gasteiger partial charge < -0.3 is 15.5 Å². The minimum absolute atomic E-state index is 0.0537. The lowest BCUT2D eigenvalue weighted by Crippen LogP contribution is -2.48. The molecule has 1 saturated heterocycles. The zero-order valence-electron chi connectivity index (χ0n) is 10.1. The molecular weight excluding hydrogens is 190 g/mol. The van der Waals surface area contributed by atoms with Gasteiger partial charge in [-0.15, -0.1) is 0 Å². The molecule has 15 heavy (non-hydrogen) atoms. The summed E-state index contributed by atoms with van der Waals surface area (Å²) < 4.78 is 0. The number of piperidine rings is 1. The first-order valence-electron chi connectivity index (χ1n) is 5.76. The maximum atomic E-state index is 11.4. The summed E-state index contributed by atoms with van der Waals surface area (Å²) in [5.41, 5.74) is 5.35. The van der Waals surface area contributed by atoms with Crippen molar-refractivity contribution in [2.45, 2.75) is 38.8 Å². The maximum Gasteiger partial charge on any atom is 0.236 e. The van der Waals surface area contributed by atoms with Crippen molar-refractivity contribution >= 4 is 5.91 Å². The van der Waals surface area contributed by atoms with Gasteiger partial charge in [0.1, 0.15) is 0 Å². The second-order valence-electron chi connectivity index (χ2n) is 4.57. The van der Waals surface area contributed by atoms with E-state index in [0.717, 1.165) is 25.9 Å². The van der Waals surface area contributed by atoms with E-state index in [1.54, 1.807) is 0 Å². The first-order chi connectivity index (χ1) is 7.06. The van der Waals surface area contributed by atoms with Gasteiger partial charge in [-0.25, -0.2) is 0 Å². The van der Waals surface area contributed by atoms with E-state index in [4.69, 9.17) is 5.73 Å². The van der Waals surface area contributed by atoms with E-state index in [2.05, 4.69) is 18.7 Å². The van der Waals surface area contributed by atoms with Crippen LogP contribution in [0.15, 0.2) is 0 Å². The molecule has 0 aromatic heterocycles. The molecule has 1 fully saturated rings. The summed E-state index contributed by atoms with van der Waals surface area (Å²) in [6.45, 7) is 6.74. The molecule has 88 valence electrons. The molecule has 1 heterocycles. The molecule has 0 atom stereocenters. The summed E-state index contributed by atoms with van der Waals surface area (Å²) in [7, 11) is 1.87. The van der Waals surface area contributed by atoms with E-state index in [9.17, 15) is 4.79 Å². The molecule has 0 aromatic carbocycles. The predicted molar refractivity (Wildman–Crippen MR) is 61.6 cm³/mol. The van der Waals surface area contributed by atoms with E-state index in [1.807, 2.05) is 11.9 Å². The van der Waals surface area contributed by atoms with Gasteiger partial charge >= 0.3 is 0 Å². The van der Waals surface area contributed by atoms with Gasteiger partial charge in [0.15, 0.2) is 0 Å². The Labute approximate surface area is 92.4 Å². The van der Waals surface area contributed by atoms with E-state index < -0.39 is 0 Å². The Balaban J connectivity index is 2.40. The van der Waals surface area contributed by atoms with E-state index in [0.29, 0.717) is 12.1 Å². The number of likely N-dealkylation sites (tertiary alicyclic amines) is 1. The van der Waals surface area contributed by atoms with Crippen LogP contribution in [0.4, 0.5) is 0 Å². The van der Waals surface area contributed by atoms with Crippen LogP contribution in [0.2, 0.25) is 0 Å². The first-order valence-corrected chi connectivity index (χ1v) is 5.76. The second-order valence-corrected chi connectivity index (χ2v) is 4.57. The lowest BCUT2D eigenvalue weighted by molar-refractivity contribution is -0.131. The van der Waals surface area contributed by atoms with Crippen LogP contribution in [0.1, 0.15) is 26.7 Å². The fourth-order valence-corrected chi connectivity index (χ4v) is 2.14. The molecule has 0 saturated carbocycles. The van der Waals surface area contributed by atoms with Crippen molar-refractivity contribution in [3.05, 3.63) is 0 Å². The number of likely N-dealkylation sites (N-methyl/N-ethyl adjacent to an activating group) is 1. The lowest BCUT2D eigenvalue weighted by Gasteiger charge is -2.38. The Morgan fingerprint density at radius 3 is 2.40 bits per heavy atom. The summed E-state index contributed by atoms with van der Waals surface area (Å²) in [4.78, 5) is 15.7. The molecule has 1 aliphatic heterocycles. The average Bonchev–Trinajstić information content (AvgIpc) is 2.27. The van der Waals surface area contributed by atoms with Crippen LogP contribution in [0.3, 0.4) is 0 Å². The molecule has 0 unspecified atom stereocenters. The molecular formula is C11H23N3O. The third-order valence-corrected chi connectivity index (χ3v) is 3.35. The Morgan fingerprint density at radius 1 is 1.47 bits per heavy atom. The normalized spacial score (nSPS) is 19.5. The lowest BCUT2D eigenvalue weighted by atomic mass is 10.0. The summed E-state index contributed by atoms with van der Waals surface area (Å²) in [5, 5.41) is 0. The van der Waals surface area contributed by atoms with Gasteiger partial charge in [-0.05, 0) is 26.7 Å². The third-order valence-electron chi connectivity index (χ3n) is 3.35.